The standard InChI is InChI=1S/C22H26F6N4/c1-20(13-29,15-4-2-3-5-15)19-18(31-6-7-32-19)12-30-11-14-8-16(21(23,24)25)10-17(9-14)22(26,27)28/h6-10,15,30H,2-5,11-13,29H2,1H3. The Kier molecular flexibility index (Phi) is 7.14. The first kappa shape index (κ1) is 24.4. The maximum Gasteiger partial charge on any atom is 0.416 e. The summed E-state index contributed by atoms with van der Waals surface area (Å²) in [6.07, 6.45) is -2.38. The second-order valence-corrected chi connectivity index (χ2v) is 8.47. The molecule has 3 rings (SSSR count). The van der Waals surface area contributed by atoms with Crippen LogP contribution in [0, 0.1) is 5.92 Å². The van der Waals surface area contributed by atoms with Crippen LogP contribution in [-0.2, 0) is 30.9 Å². The average molecular weight is 460 g/mol. The minimum atomic E-state index is -4.88. The molecule has 32 heavy (non-hydrogen) atoms. The van der Waals surface area contributed by atoms with Crippen molar-refractivity contribution < 1.29 is 26.3 Å². The van der Waals surface area contributed by atoms with Crippen LogP contribution < -0.4 is 11.1 Å². The molecule has 1 fully saturated rings. The molecule has 1 saturated carbocycles. The summed E-state index contributed by atoms with van der Waals surface area (Å²) < 4.78 is 78.5. The molecule has 176 valence electrons. The summed E-state index contributed by atoms with van der Waals surface area (Å²) in [7, 11) is 0. The van der Waals surface area contributed by atoms with Crippen molar-refractivity contribution in [2.45, 2.75) is 63.5 Å². The topological polar surface area (TPSA) is 63.8 Å². The Balaban J connectivity index is 1.81. The Morgan fingerprint density at radius 1 is 0.906 bits per heavy atom. The maximum absolute atomic E-state index is 13.1. The van der Waals surface area contributed by atoms with Crippen LogP contribution in [0.4, 0.5) is 26.3 Å². The zero-order valence-corrected chi connectivity index (χ0v) is 17.7. The monoisotopic (exact) mass is 460 g/mol. The predicted molar refractivity (Wildman–Crippen MR) is 107 cm³/mol. The van der Waals surface area contributed by atoms with Crippen molar-refractivity contribution in [3.8, 4) is 0 Å². The third-order valence-electron chi connectivity index (χ3n) is 6.26. The molecule has 1 aliphatic carbocycles. The molecule has 0 spiro atoms. The van der Waals surface area contributed by atoms with Crippen molar-refractivity contribution in [1.29, 1.82) is 0 Å². The maximum atomic E-state index is 13.1. The fraction of sp³-hybridized carbons (Fsp3) is 0.545. The van der Waals surface area contributed by atoms with Gasteiger partial charge >= 0.3 is 12.4 Å². The highest BCUT2D eigenvalue weighted by molar-refractivity contribution is 5.33. The van der Waals surface area contributed by atoms with Crippen LogP contribution in [-0.4, -0.2) is 16.5 Å². The number of halogens is 6. The zero-order valence-electron chi connectivity index (χ0n) is 17.7. The van der Waals surface area contributed by atoms with E-state index in [0.29, 0.717) is 18.2 Å². The molecule has 1 aromatic heterocycles. The van der Waals surface area contributed by atoms with Gasteiger partial charge in [0, 0.05) is 37.4 Å². The third-order valence-corrected chi connectivity index (χ3v) is 6.26. The van der Waals surface area contributed by atoms with E-state index in [-0.39, 0.29) is 24.7 Å². The van der Waals surface area contributed by atoms with Gasteiger partial charge in [-0.15, -0.1) is 0 Å². The van der Waals surface area contributed by atoms with E-state index in [1.165, 1.54) is 6.20 Å². The van der Waals surface area contributed by atoms with Gasteiger partial charge in [-0.05, 0) is 42.5 Å². The molecule has 1 unspecified atom stereocenters. The molecule has 10 heteroatoms. The van der Waals surface area contributed by atoms with E-state index in [9.17, 15) is 26.3 Å². The Morgan fingerprint density at radius 2 is 1.47 bits per heavy atom. The second kappa shape index (κ2) is 9.35. The fourth-order valence-corrected chi connectivity index (χ4v) is 4.44. The van der Waals surface area contributed by atoms with Crippen molar-refractivity contribution in [2.24, 2.45) is 11.7 Å². The van der Waals surface area contributed by atoms with Crippen LogP contribution in [0.15, 0.2) is 30.6 Å². The summed E-state index contributed by atoms with van der Waals surface area (Å²) in [5.74, 6) is 0.348. The molecule has 0 bridgehead atoms. The van der Waals surface area contributed by atoms with Crippen molar-refractivity contribution in [1.82, 2.24) is 15.3 Å². The number of aromatic nitrogens is 2. The number of nitrogens with one attached hydrogen (secondary N) is 1. The molecule has 0 radical (unpaired) electrons. The largest absolute Gasteiger partial charge is 0.416 e. The SMILES string of the molecule is CC(CN)(c1nccnc1CNCc1cc(C(F)(F)F)cc(C(F)(F)F)c1)C1CCCC1. The summed E-state index contributed by atoms with van der Waals surface area (Å²) in [6, 6.07) is 1.57. The van der Waals surface area contributed by atoms with Crippen molar-refractivity contribution >= 4 is 0 Å². The number of nitrogens with two attached hydrogens (primary N) is 1. The van der Waals surface area contributed by atoms with Crippen molar-refractivity contribution in [3.05, 3.63) is 58.7 Å². The zero-order chi connectivity index (χ0) is 23.6. The number of nitrogens with zero attached hydrogens (tertiary/aromatic N) is 2. The van der Waals surface area contributed by atoms with Crippen molar-refractivity contribution in [3.63, 3.8) is 0 Å². The summed E-state index contributed by atoms with van der Waals surface area (Å²) in [5, 5.41) is 2.92. The van der Waals surface area contributed by atoms with Gasteiger partial charge in [0.1, 0.15) is 0 Å². The molecule has 0 saturated heterocycles. The van der Waals surface area contributed by atoms with Gasteiger partial charge in [0.15, 0.2) is 0 Å². The van der Waals surface area contributed by atoms with E-state index < -0.39 is 28.9 Å². The van der Waals surface area contributed by atoms with E-state index >= 15 is 0 Å². The van der Waals surface area contributed by atoms with E-state index in [0.717, 1.165) is 43.5 Å². The number of hydrogen-bond acceptors (Lipinski definition) is 4. The molecule has 2 aromatic rings. The molecule has 4 nitrogen and oxygen atoms in total. The fourth-order valence-electron chi connectivity index (χ4n) is 4.44. The highest BCUT2D eigenvalue weighted by atomic mass is 19.4. The Morgan fingerprint density at radius 3 is 2.00 bits per heavy atom. The lowest BCUT2D eigenvalue weighted by molar-refractivity contribution is -0.143. The number of benzene rings is 1. The van der Waals surface area contributed by atoms with Gasteiger partial charge in [0.2, 0.25) is 0 Å². The molecular formula is C22H26F6N4. The highest BCUT2D eigenvalue weighted by Gasteiger charge is 2.39. The quantitative estimate of drug-likeness (QED) is 0.557. The summed E-state index contributed by atoms with van der Waals surface area (Å²) in [4.78, 5) is 8.87. The first-order chi connectivity index (χ1) is 14.9. The lowest BCUT2D eigenvalue weighted by atomic mass is 9.72. The molecule has 0 aliphatic heterocycles. The van der Waals surface area contributed by atoms with Crippen LogP contribution in [0.5, 0.6) is 0 Å². The van der Waals surface area contributed by atoms with E-state index in [4.69, 9.17) is 5.73 Å². The highest BCUT2D eigenvalue weighted by Crippen LogP contribution is 2.41. The van der Waals surface area contributed by atoms with Crippen molar-refractivity contribution in [2.75, 3.05) is 6.54 Å². The first-order valence-corrected chi connectivity index (χ1v) is 10.4. The van der Waals surface area contributed by atoms with E-state index in [1.54, 1.807) is 6.20 Å². The average Bonchev–Trinajstić information content (AvgIpc) is 3.28. The van der Waals surface area contributed by atoms with Crippen LogP contribution in [0.25, 0.3) is 0 Å². The molecule has 1 heterocycles. The molecule has 1 aliphatic rings. The van der Waals surface area contributed by atoms with Gasteiger partial charge in [-0.25, -0.2) is 0 Å². The Labute approximate surface area is 182 Å². The molecular weight excluding hydrogens is 434 g/mol. The minimum Gasteiger partial charge on any atom is -0.330 e. The van der Waals surface area contributed by atoms with Gasteiger partial charge < -0.3 is 11.1 Å². The van der Waals surface area contributed by atoms with Crippen LogP contribution in [0.2, 0.25) is 0 Å². The second-order valence-electron chi connectivity index (χ2n) is 8.47. The molecule has 3 N–H and O–H groups in total. The minimum absolute atomic E-state index is 0.116. The van der Waals surface area contributed by atoms with Crippen LogP contribution in [0.1, 0.15) is 60.7 Å². The normalized spacial score (nSPS) is 17.5. The van der Waals surface area contributed by atoms with Gasteiger partial charge in [0.25, 0.3) is 0 Å². The van der Waals surface area contributed by atoms with E-state index in [1.807, 2.05) is 6.92 Å². The van der Waals surface area contributed by atoms with Crippen LogP contribution in [0.3, 0.4) is 0 Å². The Hall–Kier alpha value is -2.20. The number of alkyl halides is 6. The lowest BCUT2D eigenvalue weighted by Crippen LogP contribution is -2.41. The first-order valence-electron chi connectivity index (χ1n) is 10.4. The Bertz CT molecular complexity index is 889. The molecule has 1 atom stereocenters. The van der Waals surface area contributed by atoms with E-state index in [2.05, 4.69) is 15.3 Å². The predicted octanol–water partition coefficient (Wildman–Crippen LogP) is 5.21. The van der Waals surface area contributed by atoms with Gasteiger partial charge in [-0.3, -0.25) is 9.97 Å². The van der Waals surface area contributed by atoms with Gasteiger partial charge in [-0.1, -0.05) is 19.8 Å². The van der Waals surface area contributed by atoms with Gasteiger partial charge in [0.05, 0.1) is 22.5 Å². The number of hydrogen-bond donors (Lipinski definition) is 2. The summed E-state index contributed by atoms with van der Waals surface area (Å²) in [5.41, 5.74) is 4.26. The van der Waals surface area contributed by atoms with Gasteiger partial charge in [-0.2, -0.15) is 26.3 Å². The smallest absolute Gasteiger partial charge is 0.330 e. The third kappa shape index (κ3) is 5.40. The molecule has 0 amide bonds. The summed E-state index contributed by atoms with van der Waals surface area (Å²) >= 11 is 0. The number of rotatable bonds is 7. The van der Waals surface area contributed by atoms with Crippen LogP contribution >= 0.6 is 0 Å². The summed E-state index contributed by atoms with van der Waals surface area (Å²) in [6.45, 7) is 2.36. The lowest BCUT2D eigenvalue weighted by Gasteiger charge is -2.35. The molecule has 1 aromatic carbocycles.